The molecule has 0 bridgehead atoms. The van der Waals surface area contributed by atoms with Gasteiger partial charge in [0, 0.05) is 11.6 Å². The van der Waals surface area contributed by atoms with Crippen molar-refractivity contribution >= 4 is 0 Å². The van der Waals surface area contributed by atoms with Crippen LogP contribution in [-0.2, 0) is 6.42 Å². The molecule has 3 nitrogen and oxygen atoms in total. The summed E-state index contributed by atoms with van der Waals surface area (Å²) in [4.78, 5) is 2.25. The van der Waals surface area contributed by atoms with Crippen LogP contribution >= 0.6 is 0 Å². The molecule has 1 aromatic carbocycles. The Labute approximate surface area is 111 Å². The van der Waals surface area contributed by atoms with Gasteiger partial charge in [0.1, 0.15) is 5.75 Å². The molecule has 0 aliphatic carbocycles. The van der Waals surface area contributed by atoms with Gasteiger partial charge in [0.25, 0.3) is 0 Å². The van der Waals surface area contributed by atoms with Crippen molar-refractivity contribution in [1.29, 1.82) is 0 Å². The summed E-state index contributed by atoms with van der Waals surface area (Å²) in [6.45, 7) is 4.51. The molecular weight excluding hydrogens is 224 g/mol. The maximum absolute atomic E-state index is 5.42. The molecule has 102 valence electrons. The maximum atomic E-state index is 5.42. The molecule has 0 aliphatic heterocycles. The van der Waals surface area contributed by atoms with Crippen molar-refractivity contribution in [3.05, 3.63) is 29.8 Å². The smallest absolute Gasteiger partial charge is 0.122 e. The van der Waals surface area contributed by atoms with Gasteiger partial charge < -0.3 is 15.0 Å². The topological polar surface area (TPSA) is 24.5 Å². The zero-order valence-electron chi connectivity index (χ0n) is 12.4. The Bertz CT molecular complexity index is 375. The number of ether oxygens (including phenoxy) is 1. The number of likely N-dealkylation sites (N-methyl/N-ethyl adjacent to an activating group) is 2. The number of nitrogens with one attached hydrogen (secondary N) is 1. The number of benzene rings is 1. The molecule has 1 unspecified atom stereocenters. The Balaban J connectivity index is 2.93. The lowest BCUT2D eigenvalue weighted by Gasteiger charge is -2.40. The van der Waals surface area contributed by atoms with Crippen LogP contribution in [0.2, 0.25) is 0 Å². The van der Waals surface area contributed by atoms with Gasteiger partial charge in [0.15, 0.2) is 0 Å². The number of para-hydroxylation sites is 1. The Morgan fingerprint density at radius 3 is 2.39 bits per heavy atom. The zero-order chi connectivity index (χ0) is 13.8. The summed E-state index contributed by atoms with van der Waals surface area (Å²) in [6, 6.07) is 8.59. The third kappa shape index (κ3) is 3.24. The molecule has 1 atom stereocenters. The van der Waals surface area contributed by atoms with Crippen LogP contribution in [0.3, 0.4) is 0 Å². The lowest BCUT2D eigenvalue weighted by atomic mass is 9.88. The van der Waals surface area contributed by atoms with Crippen LogP contribution in [0.5, 0.6) is 5.75 Å². The van der Waals surface area contributed by atoms with Gasteiger partial charge in [-0.25, -0.2) is 0 Å². The zero-order valence-corrected chi connectivity index (χ0v) is 12.4. The van der Waals surface area contributed by atoms with Gasteiger partial charge in [-0.15, -0.1) is 0 Å². The van der Waals surface area contributed by atoms with E-state index in [4.69, 9.17) is 4.74 Å². The summed E-state index contributed by atoms with van der Waals surface area (Å²) in [7, 11) is 7.98. The van der Waals surface area contributed by atoms with Gasteiger partial charge >= 0.3 is 0 Å². The molecule has 0 amide bonds. The van der Waals surface area contributed by atoms with Gasteiger partial charge in [0.05, 0.1) is 7.11 Å². The van der Waals surface area contributed by atoms with Crippen molar-refractivity contribution in [2.24, 2.45) is 0 Å². The Kier molecular flexibility index (Phi) is 5.17. The lowest BCUT2D eigenvalue weighted by Crippen LogP contribution is -2.55. The van der Waals surface area contributed by atoms with Crippen LogP contribution in [0.25, 0.3) is 0 Å². The van der Waals surface area contributed by atoms with Gasteiger partial charge in [0.2, 0.25) is 0 Å². The third-order valence-electron chi connectivity index (χ3n) is 3.97. The Morgan fingerprint density at radius 1 is 1.28 bits per heavy atom. The van der Waals surface area contributed by atoms with Crippen LogP contribution in [0.15, 0.2) is 24.3 Å². The summed E-state index contributed by atoms with van der Waals surface area (Å²) in [5.41, 5.74) is 1.32. The van der Waals surface area contributed by atoms with E-state index in [1.807, 2.05) is 19.2 Å². The normalized spacial score (nSPS) is 13.7. The summed E-state index contributed by atoms with van der Waals surface area (Å²) in [5.74, 6) is 0.965. The summed E-state index contributed by atoms with van der Waals surface area (Å²) < 4.78 is 5.42. The highest BCUT2D eigenvalue weighted by molar-refractivity contribution is 5.34. The number of rotatable bonds is 6. The first-order valence-corrected chi connectivity index (χ1v) is 6.40. The van der Waals surface area contributed by atoms with Crippen LogP contribution in [0, 0.1) is 0 Å². The fraction of sp³-hybridized carbons (Fsp3) is 0.600. The molecule has 0 saturated heterocycles. The fourth-order valence-electron chi connectivity index (χ4n) is 2.11. The minimum Gasteiger partial charge on any atom is -0.496 e. The highest BCUT2D eigenvalue weighted by atomic mass is 16.5. The van der Waals surface area contributed by atoms with Crippen molar-refractivity contribution in [2.75, 3.05) is 28.3 Å². The van der Waals surface area contributed by atoms with E-state index < -0.39 is 0 Å². The molecule has 0 saturated carbocycles. The van der Waals surface area contributed by atoms with E-state index in [1.54, 1.807) is 7.11 Å². The van der Waals surface area contributed by atoms with E-state index in [1.165, 1.54) is 5.56 Å². The van der Waals surface area contributed by atoms with Crippen molar-refractivity contribution in [1.82, 2.24) is 10.2 Å². The van der Waals surface area contributed by atoms with E-state index in [0.29, 0.717) is 6.04 Å². The molecule has 1 N–H and O–H groups in total. The lowest BCUT2D eigenvalue weighted by molar-refractivity contribution is 0.141. The molecule has 0 aromatic heterocycles. The Hall–Kier alpha value is -1.06. The second-order valence-electron chi connectivity index (χ2n) is 5.41. The van der Waals surface area contributed by atoms with Crippen LogP contribution in [0.1, 0.15) is 19.4 Å². The van der Waals surface area contributed by atoms with Gasteiger partial charge in [-0.3, -0.25) is 0 Å². The van der Waals surface area contributed by atoms with Gasteiger partial charge in [-0.1, -0.05) is 18.2 Å². The molecule has 3 heteroatoms. The summed E-state index contributed by atoms with van der Waals surface area (Å²) in [5, 5.41) is 3.43. The first-order valence-electron chi connectivity index (χ1n) is 6.40. The summed E-state index contributed by atoms with van der Waals surface area (Å²) in [6.07, 6.45) is 0.950. The van der Waals surface area contributed by atoms with Crippen LogP contribution in [-0.4, -0.2) is 44.7 Å². The highest BCUT2D eigenvalue weighted by Gasteiger charge is 2.30. The molecule has 0 spiro atoms. The largest absolute Gasteiger partial charge is 0.496 e. The average Bonchev–Trinajstić information content (AvgIpc) is 2.35. The molecule has 0 aliphatic rings. The van der Waals surface area contributed by atoms with Crippen molar-refractivity contribution in [3.8, 4) is 5.75 Å². The first-order chi connectivity index (χ1) is 8.43. The average molecular weight is 250 g/mol. The van der Waals surface area contributed by atoms with E-state index in [-0.39, 0.29) is 5.54 Å². The van der Waals surface area contributed by atoms with E-state index >= 15 is 0 Å². The standard InChI is InChI=1S/C15H26N2O/c1-15(2,17(4)5)14(16-3)11-12-9-7-8-10-13(12)18-6/h7-10,14,16H,11H2,1-6H3. The molecule has 1 rings (SSSR count). The number of hydrogen-bond acceptors (Lipinski definition) is 3. The number of nitrogens with zero attached hydrogens (tertiary/aromatic N) is 1. The monoisotopic (exact) mass is 250 g/mol. The van der Waals surface area contributed by atoms with Crippen molar-refractivity contribution in [2.45, 2.75) is 31.8 Å². The highest BCUT2D eigenvalue weighted by Crippen LogP contribution is 2.24. The quantitative estimate of drug-likeness (QED) is 0.837. The minimum atomic E-state index is 0.0790. The molecule has 18 heavy (non-hydrogen) atoms. The summed E-state index contributed by atoms with van der Waals surface area (Å²) >= 11 is 0. The van der Waals surface area contributed by atoms with Crippen molar-refractivity contribution in [3.63, 3.8) is 0 Å². The first kappa shape index (κ1) is 15.0. The van der Waals surface area contributed by atoms with E-state index in [9.17, 15) is 0 Å². The van der Waals surface area contributed by atoms with Gasteiger partial charge in [-0.2, -0.15) is 0 Å². The fourth-order valence-corrected chi connectivity index (χ4v) is 2.11. The van der Waals surface area contributed by atoms with Crippen LogP contribution < -0.4 is 10.1 Å². The maximum Gasteiger partial charge on any atom is 0.122 e. The molecular formula is C15H26N2O. The molecule has 0 heterocycles. The molecule has 0 radical (unpaired) electrons. The van der Waals surface area contributed by atoms with E-state index in [2.05, 4.69) is 50.3 Å². The number of hydrogen-bond donors (Lipinski definition) is 1. The SMILES string of the molecule is CNC(Cc1ccccc1OC)C(C)(C)N(C)C. The van der Waals surface area contributed by atoms with E-state index in [0.717, 1.165) is 12.2 Å². The molecule has 0 fully saturated rings. The minimum absolute atomic E-state index is 0.0790. The second-order valence-corrected chi connectivity index (χ2v) is 5.41. The van der Waals surface area contributed by atoms with Crippen molar-refractivity contribution < 1.29 is 4.74 Å². The Morgan fingerprint density at radius 2 is 1.89 bits per heavy atom. The molecule has 1 aromatic rings. The third-order valence-corrected chi connectivity index (χ3v) is 3.97. The van der Waals surface area contributed by atoms with Crippen LogP contribution in [0.4, 0.5) is 0 Å². The predicted molar refractivity (Wildman–Crippen MR) is 77.3 cm³/mol. The van der Waals surface area contributed by atoms with Gasteiger partial charge in [-0.05, 0) is 53.0 Å². The predicted octanol–water partition coefficient (Wildman–Crippen LogP) is 2.17. The second kappa shape index (κ2) is 6.21. The number of methoxy groups -OCH3 is 1.